The van der Waals surface area contributed by atoms with E-state index in [2.05, 4.69) is 52.3 Å². The van der Waals surface area contributed by atoms with Gasteiger partial charge >= 0.3 is 0 Å². The molecule has 3 nitrogen and oxygen atoms in total. The van der Waals surface area contributed by atoms with Crippen molar-refractivity contribution in [3.05, 3.63) is 114 Å². The zero-order valence-electron chi connectivity index (χ0n) is 16.6. The lowest BCUT2D eigenvalue weighted by atomic mass is 10.0. The molecule has 31 heavy (non-hydrogen) atoms. The predicted octanol–water partition coefficient (Wildman–Crippen LogP) is 7.30. The molecule has 4 aromatic carbocycles. The van der Waals surface area contributed by atoms with Gasteiger partial charge in [-0.1, -0.05) is 119 Å². The van der Waals surface area contributed by atoms with Crippen molar-refractivity contribution in [1.29, 1.82) is 0 Å². The molecule has 0 saturated carbocycles. The molecule has 148 valence electrons. The molecule has 4 heteroatoms. The molecule has 0 bridgehead atoms. The normalized spacial score (nSPS) is 10.7. The van der Waals surface area contributed by atoms with Gasteiger partial charge < -0.3 is 0 Å². The monoisotopic (exact) mass is 463 g/mol. The Morgan fingerprint density at radius 3 is 1.42 bits per heavy atom. The summed E-state index contributed by atoms with van der Waals surface area (Å²) in [6.07, 6.45) is 0. The van der Waals surface area contributed by atoms with E-state index in [0.717, 1.165) is 26.7 Å². The van der Waals surface area contributed by atoms with E-state index in [1.807, 2.05) is 72.8 Å². The van der Waals surface area contributed by atoms with E-state index in [1.165, 1.54) is 5.56 Å². The van der Waals surface area contributed by atoms with Gasteiger partial charge in [0.25, 0.3) is 0 Å². The number of aromatic nitrogens is 3. The lowest BCUT2D eigenvalue weighted by Crippen LogP contribution is -2.00. The van der Waals surface area contributed by atoms with Gasteiger partial charge in [-0.2, -0.15) is 0 Å². The lowest BCUT2D eigenvalue weighted by Gasteiger charge is -2.10. The van der Waals surface area contributed by atoms with Crippen LogP contribution in [0, 0.1) is 0 Å². The maximum Gasteiger partial charge on any atom is 0.165 e. The van der Waals surface area contributed by atoms with Crippen LogP contribution in [-0.2, 0) is 0 Å². The molecule has 1 aromatic heterocycles. The molecule has 0 aliphatic carbocycles. The Labute approximate surface area is 189 Å². The molecule has 0 amide bonds. The van der Waals surface area contributed by atoms with E-state index in [4.69, 9.17) is 15.0 Å². The summed E-state index contributed by atoms with van der Waals surface area (Å²) in [5, 5.41) is 0. The van der Waals surface area contributed by atoms with Gasteiger partial charge in [-0.05, 0) is 17.2 Å². The number of rotatable bonds is 4. The maximum absolute atomic E-state index is 4.81. The van der Waals surface area contributed by atoms with E-state index in [0.29, 0.717) is 17.5 Å². The van der Waals surface area contributed by atoms with Crippen LogP contribution >= 0.6 is 15.9 Å². The van der Waals surface area contributed by atoms with E-state index < -0.39 is 0 Å². The third-order valence-electron chi connectivity index (χ3n) is 5.03. The van der Waals surface area contributed by atoms with Crippen LogP contribution in [-0.4, -0.2) is 15.0 Å². The van der Waals surface area contributed by atoms with Crippen molar-refractivity contribution < 1.29 is 0 Å². The molecular weight excluding hydrogens is 446 g/mol. The van der Waals surface area contributed by atoms with Gasteiger partial charge in [-0.3, -0.25) is 0 Å². The first-order chi connectivity index (χ1) is 15.3. The van der Waals surface area contributed by atoms with Crippen molar-refractivity contribution in [2.75, 3.05) is 0 Å². The highest BCUT2D eigenvalue weighted by molar-refractivity contribution is 9.10. The third-order valence-corrected chi connectivity index (χ3v) is 5.72. The Hall–Kier alpha value is -3.63. The molecule has 5 rings (SSSR count). The Kier molecular flexibility index (Phi) is 5.38. The highest BCUT2D eigenvalue weighted by Crippen LogP contribution is 2.29. The summed E-state index contributed by atoms with van der Waals surface area (Å²) in [6, 6.07) is 36.7. The van der Waals surface area contributed by atoms with E-state index in [9.17, 15) is 0 Å². The minimum Gasteiger partial charge on any atom is -0.208 e. The van der Waals surface area contributed by atoms with Gasteiger partial charge in [0.2, 0.25) is 0 Å². The standard InChI is InChI=1S/C27H18BrN3/c28-24-14-8-7-13-23(24)27-30-25(21-11-5-2-6-12-21)29-26(31-27)22-17-15-20(16-18-22)19-9-3-1-4-10-19/h1-18H. The van der Waals surface area contributed by atoms with Crippen molar-refractivity contribution in [3.63, 3.8) is 0 Å². The Balaban J connectivity index is 1.63. The second kappa shape index (κ2) is 8.62. The molecule has 0 N–H and O–H groups in total. The van der Waals surface area contributed by atoms with Gasteiger partial charge in [-0.15, -0.1) is 0 Å². The summed E-state index contributed by atoms with van der Waals surface area (Å²) in [7, 11) is 0. The van der Waals surface area contributed by atoms with Gasteiger partial charge in [0, 0.05) is 21.2 Å². The first-order valence-corrected chi connectivity index (χ1v) is 10.8. The molecule has 1 heterocycles. The van der Waals surface area contributed by atoms with Crippen molar-refractivity contribution in [1.82, 2.24) is 15.0 Å². The zero-order valence-corrected chi connectivity index (χ0v) is 18.2. The fourth-order valence-corrected chi connectivity index (χ4v) is 3.89. The van der Waals surface area contributed by atoms with Crippen LogP contribution < -0.4 is 0 Å². The van der Waals surface area contributed by atoms with Crippen LogP contribution in [0.25, 0.3) is 45.3 Å². The molecule has 0 spiro atoms. The topological polar surface area (TPSA) is 38.7 Å². The Morgan fingerprint density at radius 1 is 0.387 bits per heavy atom. The fraction of sp³-hybridized carbons (Fsp3) is 0. The summed E-state index contributed by atoms with van der Waals surface area (Å²) in [5.74, 6) is 1.95. The molecule has 5 aromatic rings. The van der Waals surface area contributed by atoms with Crippen molar-refractivity contribution in [2.24, 2.45) is 0 Å². The molecule has 0 unspecified atom stereocenters. The minimum absolute atomic E-state index is 0.642. The smallest absolute Gasteiger partial charge is 0.165 e. The van der Waals surface area contributed by atoms with Crippen LogP contribution in [0.1, 0.15) is 0 Å². The first-order valence-electron chi connectivity index (χ1n) is 10.0. The minimum atomic E-state index is 0.642. The number of benzene rings is 4. The lowest BCUT2D eigenvalue weighted by molar-refractivity contribution is 1.07. The average molecular weight is 464 g/mol. The number of hydrogen-bond donors (Lipinski definition) is 0. The van der Waals surface area contributed by atoms with E-state index >= 15 is 0 Å². The number of hydrogen-bond acceptors (Lipinski definition) is 3. The number of halogens is 1. The molecule has 0 atom stereocenters. The van der Waals surface area contributed by atoms with Crippen LogP contribution in [0.4, 0.5) is 0 Å². The quantitative estimate of drug-likeness (QED) is 0.280. The number of nitrogens with zero attached hydrogens (tertiary/aromatic N) is 3. The second-order valence-electron chi connectivity index (χ2n) is 7.10. The maximum atomic E-state index is 4.81. The SMILES string of the molecule is Brc1ccccc1-c1nc(-c2ccccc2)nc(-c2ccc(-c3ccccc3)cc2)n1. The van der Waals surface area contributed by atoms with Gasteiger partial charge in [0.05, 0.1) is 0 Å². The first kappa shape index (κ1) is 19.3. The molecule has 0 aliphatic rings. The van der Waals surface area contributed by atoms with Crippen molar-refractivity contribution in [2.45, 2.75) is 0 Å². The van der Waals surface area contributed by atoms with Gasteiger partial charge in [-0.25, -0.2) is 15.0 Å². The van der Waals surface area contributed by atoms with Crippen LogP contribution in [0.2, 0.25) is 0 Å². The summed E-state index contributed by atoms with van der Waals surface area (Å²) in [4.78, 5) is 14.4. The van der Waals surface area contributed by atoms with Crippen molar-refractivity contribution in [3.8, 4) is 45.3 Å². The summed E-state index contributed by atoms with van der Waals surface area (Å²) in [5.41, 5.74) is 5.19. The van der Waals surface area contributed by atoms with Crippen LogP contribution in [0.3, 0.4) is 0 Å². The van der Waals surface area contributed by atoms with Gasteiger partial charge in [0.1, 0.15) is 0 Å². The molecule has 0 fully saturated rings. The largest absolute Gasteiger partial charge is 0.208 e. The Morgan fingerprint density at radius 2 is 0.806 bits per heavy atom. The molecule has 0 saturated heterocycles. The third kappa shape index (κ3) is 4.16. The Bertz CT molecular complexity index is 1320. The highest BCUT2D eigenvalue weighted by Gasteiger charge is 2.13. The fourth-order valence-electron chi connectivity index (χ4n) is 3.43. The molecule has 0 radical (unpaired) electrons. The average Bonchev–Trinajstić information content (AvgIpc) is 2.85. The summed E-state index contributed by atoms with van der Waals surface area (Å²) >= 11 is 3.63. The summed E-state index contributed by atoms with van der Waals surface area (Å²) < 4.78 is 0.950. The van der Waals surface area contributed by atoms with E-state index in [1.54, 1.807) is 0 Å². The van der Waals surface area contributed by atoms with Crippen LogP contribution in [0.15, 0.2) is 114 Å². The van der Waals surface area contributed by atoms with Gasteiger partial charge in [0.15, 0.2) is 17.5 Å². The molecule has 0 aliphatic heterocycles. The van der Waals surface area contributed by atoms with Crippen molar-refractivity contribution >= 4 is 15.9 Å². The second-order valence-corrected chi connectivity index (χ2v) is 7.95. The zero-order chi connectivity index (χ0) is 21.0. The predicted molar refractivity (Wildman–Crippen MR) is 129 cm³/mol. The van der Waals surface area contributed by atoms with Crippen LogP contribution in [0.5, 0.6) is 0 Å². The molecular formula is C27H18BrN3. The summed E-state index contributed by atoms with van der Waals surface area (Å²) in [6.45, 7) is 0. The van der Waals surface area contributed by atoms with E-state index in [-0.39, 0.29) is 0 Å². The highest BCUT2D eigenvalue weighted by atomic mass is 79.9.